The molecular weight excluding hydrogens is 422 g/mol. The molecule has 0 saturated carbocycles. The van der Waals surface area contributed by atoms with Crippen molar-refractivity contribution in [2.45, 2.75) is 43.6 Å². The zero-order chi connectivity index (χ0) is 22.0. The Hall–Kier alpha value is -2.75. The molecule has 10 heteroatoms. The van der Waals surface area contributed by atoms with E-state index in [0.29, 0.717) is 28.7 Å². The quantitative estimate of drug-likeness (QED) is 0.441. The molecule has 0 aliphatic carbocycles. The summed E-state index contributed by atoms with van der Waals surface area (Å²) < 4.78 is 28.6. The summed E-state index contributed by atoms with van der Waals surface area (Å²) in [5.41, 5.74) is 0.517. The number of amides is 1. The molecule has 0 unspecified atom stereocenters. The van der Waals surface area contributed by atoms with Gasteiger partial charge in [0.05, 0.1) is 23.7 Å². The number of hydrogen-bond donors (Lipinski definition) is 1. The fourth-order valence-electron chi connectivity index (χ4n) is 3.56. The average Bonchev–Trinajstić information content (AvgIpc) is 3.37. The fraction of sp³-hybridized carbons (Fsp3) is 0.429. The number of thioether (sulfide) groups is 1. The Labute approximate surface area is 183 Å². The van der Waals surface area contributed by atoms with Crippen LogP contribution >= 0.6 is 11.8 Å². The number of nitrogens with one attached hydrogen (secondary N) is 1. The first-order chi connectivity index (χ1) is 14.9. The first-order valence-corrected chi connectivity index (χ1v) is 11.2. The second-order valence-electron chi connectivity index (χ2n) is 7.68. The van der Waals surface area contributed by atoms with Gasteiger partial charge in [0, 0.05) is 31.0 Å². The summed E-state index contributed by atoms with van der Waals surface area (Å²) >= 11 is 1.60. The van der Waals surface area contributed by atoms with Crippen LogP contribution in [-0.4, -0.2) is 50.5 Å². The molecule has 0 bridgehead atoms. The minimum absolute atomic E-state index is 0.194. The number of carbonyl (C=O) groups is 1. The molecule has 1 aliphatic rings. The third-order valence-corrected chi connectivity index (χ3v) is 5.85. The van der Waals surface area contributed by atoms with Gasteiger partial charge in [-0.1, -0.05) is 25.6 Å². The standard InChI is InChI=1S/C21H24F2N6OS/c1-13(2)31-21-26-18(28-8-3-4-9-28)16-12-25-29(19(16)27-21)10-7-24-20(30)15-6-5-14(22)11-17(15)23/h5-6,11-13H,3-4,7-10H2,1-2H3,(H,24,30). The highest BCUT2D eigenvalue weighted by Crippen LogP contribution is 2.30. The van der Waals surface area contributed by atoms with Crippen LogP contribution < -0.4 is 10.2 Å². The highest BCUT2D eigenvalue weighted by Gasteiger charge is 2.21. The number of carbonyl (C=O) groups excluding carboxylic acids is 1. The molecule has 1 N–H and O–H groups in total. The number of fused-ring (bicyclic) bond motifs is 1. The van der Waals surface area contributed by atoms with E-state index in [1.165, 1.54) is 0 Å². The zero-order valence-electron chi connectivity index (χ0n) is 17.4. The number of rotatable bonds is 7. The summed E-state index contributed by atoms with van der Waals surface area (Å²) in [6, 6.07) is 2.89. The van der Waals surface area contributed by atoms with Gasteiger partial charge in [-0.2, -0.15) is 5.10 Å². The van der Waals surface area contributed by atoms with Crippen molar-refractivity contribution in [2.24, 2.45) is 0 Å². The first kappa shape index (κ1) is 21.5. The Morgan fingerprint density at radius 2 is 2.00 bits per heavy atom. The Morgan fingerprint density at radius 3 is 2.71 bits per heavy atom. The van der Waals surface area contributed by atoms with Gasteiger partial charge in [0.25, 0.3) is 5.91 Å². The molecule has 1 fully saturated rings. The summed E-state index contributed by atoms with van der Waals surface area (Å²) in [6.07, 6.45) is 4.03. The molecule has 4 rings (SSSR count). The minimum atomic E-state index is -0.889. The Balaban J connectivity index is 1.53. The van der Waals surface area contributed by atoms with Crippen molar-refractivity contribution in [3.8, 4) is 0 Å². The first-order valence-electron chi connectivity index (χ1n) is 10.3. The van der Waals surface area contributed by atoms with E-state index in [1.807, 2.05) is 0 Å². The van der Waals surface area contributed by atoms with Gasteiger partial charge in [0.15, 0.2) is 10.8 Å². The van der Waals surface area contributed by atoms with E-state index < -0.39 is 17.5 Å². The van der Waals surface area contributed by atoms with Gasteiger partial charge in [-0.25, -0.2) is 23.4 Å². The van der Waals surface area contributed by atoms with Crippen molar-refractivity contribution in [3.05, 3.63) is 41.6 Å². The van der Waals surface area contributed by atoms with Gasteiger partial charge in [0.1, 0.15) is 17.5 Å². The van der Waals surface area contributed by atoms with Crippen molar-refractivity contribution in [1.29, 1.82) is 0 Å². The van der Waals surface area contributed by atoms with Crippen LogP contribution in [0.1, 0.15) is 37.0 Å². The fourth-order valence-corrected chi connectivity index (χ4v) is 4.26. The van der Waals surface area contributed by atoms with E-state index in [1.54, 1.807) is 22.6 Å². The van der Waals surface area contributed by atoms with Gasteiger partial charge in [-0.3, -0.25) is 4.79 Å². The molecular formula is C21H24F2N6OS. The molecule has 164 valence electrons. The zero-order valence-corrected chi connectivity index (χ0v) is 18.3. The van der Waals surface area contributed by atoms with E-state index in [-0.39, 0.29) is 12.1 Å². The van der Waals surface area contributed by atoms with E-state index in [0.717, 1.165) is 49.3 Å². The Bertz CT molecular complexity index is 1100. The largest absolute Gasteiger partial charge is 0.356 e. The van der Waals surface area contributed by atoms with Crippen LogP contribution in [0.15, 0.2) is 29.6 Å². The lowest BCUT2D eigenvalue weighted by Gasteiger charge is -2.18. The van der Waals surface area contributed by atoms with Crippen molar-refractivity contribution in [3.63, 3.8) is 0 Å². The summed E-state index contributed by atoms with van der Waals surface area (Å²) in [6.45, 7) is 6.69. The number of hydrogen-bond acceptors (Lipinski definition) is 6. The smallest absolute Gasteiger partial charge is 0.254 e. The second-order valence-corrected chi connectivity index (χ2v) is 9.22. The maximum atomic E-state index is 13.8. The van der Waals surface area contributed by atoms with Gasteiger partial charge in [-0.05, 0) is 25.0 Å². The van der Waals surface area contributed by atoms with Crippen LogP contribution in [-0.2, 0) is 6.54 Å². The Morgan fingerprint density at radius 1 is 1.23 bits per heavy atom. The van der Waals surface area contributed by atoms with Crippen molar-refractivity contribution in [1.82, 2.24) is 25.1 Å². The van der Waals surface area contributed by atoms with Crippen molar-refractivity contribution in [2.75, 3.05) is 24.5 Å². The van der Waals surface area contributed by atoms with E-state index in [9.17, 15) is 13.6 Å². The average molecular weight is 447 g/mol. The molecule has 31 heavy (non-hydrogen) atoms. The number of nitrogens with zero attached hydrogens (tertiary/aromatic N) is 5. The number of aromatic nitrogens is 4. The highest BCUT2D eigenvalue weighted by atomic mass is 32.2. The number of benzene rings is 1. The lowest BCUT2D eigenvalue weighted by atomic mass is 10.2. The van der Waals surface area contributed by atoms with Crippen LogP contribution in [0.2, 0.25) is 0 Å². The number of anilines is 1. The van der Waals surface area contributed by atoms with Gasteiger partial charge in [0.2, 0.25) is 0 Å². The third-order valence-electron chi connectivity index (χ3n) is 4.99. The van der Waals surface area contributed by atoms with Crippen LogP contribution in [0.4, 0.5) is 14.6 Å². The lowest BCUT2D eigenvalue weighted by Crippen LogP contribution is -2.28. The predicted octanol–water partition coefficient (Wildman–Crippen LogP) is 3.64. The molecule has 0 radical (unpaired) electrons. The summed E-state index contributed by atoms with van der Waals surface area (Å²) in [4.78, 5) is 24.0. The van der Waals surface area contributed by atoms with Crippen LogP contribution in [0.3, 0.4) is 0 Å². The maximum Gasteiger partial charge on any atom is 0.254 e. The summed E-state index contributed by atoms with van der Waals surface area (Å²) in [7, 11) is 0. The van der Waals surface area contributed by atoms with E-state index in [2.05, 4.69) is 29.2 Å². The monoisotopic (exact) mass is 446 g/mol. The maximum absolute atomic E-state index is 13.8. The molecule has 2 aromatic heterocycles. The van der Waals surface area contributed by atoms with Crippen molar-refractivity contribution < 1.29 is 13.6 Å². The van der Waals surface area contributed by atoms with Crippen LogP contribution in [0.5, 0.6) is 0 Å². The molecule has 1 amide bonds. The van der Waals surface area contributed by atoms with E-state index in [4.69, 9.17) is 9.97 Å². The molecule has 0 atom stereocenters. The van der Waals surface area contributed by atoms with E-state index >= 15 is 0 Å². The molecule has 0 spiro atoms. The third kappa shape index (κ3) is 4.79. The molecule has 3 heterocycles. The summed E-state index contributed by atoms with van der Waals surface area (Å²) in [5, 5.41) is 9.02. The molecule has 1 aromatic carbocycles. The Kier molecular flexibility index (Phi) is 6.35. The molecule has 3 aromatic rings. The van der Waals surface area contributed by atoms with Gasteiger partial charge >= 0.3 is 0 Å². The van der Waals surface area contributed by atoms with Gasteiger partial charge in [-0.15, -0.1) is 0 Å². The lowest BCUT2D eigenvalue weighted by molar-refractivity contribution is 0.0948. The topological polar surface area (TPSA) is 75.9 Å². The summed E-state index contributed by atoms with van der Waals surface area (Å²) in [5.74, 6) is -1.31. The molecule has 1 aliphatic heterocycles. The SMILES string of the molecule is CC(C)Sc1nc(N2CCCC2)c2cnn(CCNC(=O)c3ccc(F)cc3F)c2n1. The molecule has 1 saturated heterocycles. The number of halogens is 2. The van der Waals surface area contributed by atoms with Crippen LogP contribution in [0.25, 0.3) is 11.0 Å². The predicted molar refractivity (Wildman–Crippen MR) is 116 cm³/mol. The minimum Gasteiger partial charge on any atom is -0.356 e. The molecule has 7 nitrogen and oxygen atoms in total. The van der Waals surface area contributed by atoms with Gasteiger partial charge < -0.3 is 10.2 Å². The van der Waals surface area contributed by atoms with Crippen molar-refractivity contribution >= 4 is 34.5 Å². The normalized spacial score (nSPS) is 14.0. The highest BCUT2D eigenvalue weighted by molar-refractivity contribution is 7.99. The van der Waals surface area contributed by atoms with Crippen LogP contribution in [0, 0.1) is 11.6 Å². The second kappa shape index (κ2) is 9.17.